The number of ether oxygens (including phenoxy) is 2. The van der Waals surface area contributed by atoms with Crippen LogP contribution in [0.4, 0.5) is 13.6 Å². The van der Waals surface area contributed by atoms with Gasteiger partial charge in [0.05, 0.1) is 16.9 Å². The summed E-state index contributed by atoms with van der Waals surface area (Å²) in [6.45, 7) is 10.9. The Labute approximate surface area is 189 Å². The van der Waals surface area contributed by atoms with Crippen molar-refractivity contribution in [1.29, 1.82) is 0 Å². The lowest BCUT2D eigenvalue weighted by Crippen LogP contribution is -2.42. The van der Waals surface area contributed by atoms with Crippen LogP contribution in [0.15, 0.2) is 29.2 Å². The standard InChI is InChI=1S/C23H26F2N2O6/c1-6-26-10-15(21(29)30)19(28)14-8-16(24)17(25)20(18(14)26)32-11-13-7-12(2)9-27(13)22(31)33-23(3,4)5/h8,10,13H,2,6-7,9,11H2,1,3-5H3,(H,29,30)/t13-/m0/s1. The Morgan fingerprint density at radius 2 is 1.97 bits per heavy atom. The number of nitrogens with zero attached hydrogens (tertiary/aromatic N) is 2. The van der Waals surface area contributed by atoms with E-state index in [9.17, 15) is 28.3 Å². The van der Waals surface area contributed by atoms with E-state index in [4.69, 9.17) is 9.47 Å². The van der Waals surface area contributed by atoms with Gasteiger partial charge in [0, 0.05) is 19.3 Å². The van der Waals surface area contributed by atoms with Crippen LogP contribution in [0.3, 0.4) is 0 Å². The first-order valence-electron chi connectivity index (χ1n) is 10.4. The van der Waals surface area contributed by atoms with Crippen LogP contribution >= 0.6 is 0 Å². The predicted octanol–water partition coefficient (Wildman–Crippen LogP) is 3.94. The molecule has 1 amide bonds. The van der Waals surface area contributed by atoms with Crippen molar-refractivity contribution in [1.82, 2.24) is 9.47 Å². The largest absolute Gasteiger partial charge is 0.486 e. The maximum absolute atomic E-state index is 14.8. The molecule has 1 aromatic carbocycles. The van der Waals surface area contributed by atoms with Gasteiger partial charge in [-0.05, 0) is 40.2 Å². The molecule has 1 atom stereocenters. The summed E-state index contributed by atoms with van der Waals surface area (Å²) in [6, 6.07) is 0.119. The number of aromatic carboxylic acids is 1. The van der Waals surface area contributed by atoms with Gasteiger partial charge in [0.25, 0.3) is 0 Å². The molecule has 33 heavy (non-hydrogen) atoms. The number of fused-ring (bicyclic) bond motifs is 1. The highest BCUT2D eigenvalue weighted by Gasteiger charge is 2.35. The van der Waals surface area contributed by atoms with Crippen molar-refractivity contribution in [2.24, 2.45) is 0 Å². The van der Waals surface area contributed by atoms with Crippen LogP contribution in [0.5, 0.6) is 5.75 Å². The molecule has 0 radical (unpaired) electrons. The molecule has 1 aromatic heterocycles. The SMILES string of the molecule is C=C1C[C@@H](COc2c(F)c(F)cc3c(=O)c(C(=O)O)cn(CC)c23)N(C(=O)OC(C)(C)C)C1. The van der Waals surface area contributed by atoms with Gasteiger partial charge in [-0.1, -0.05) is 12.2 Å². The topological polar surface area (TPSA) is 98.1 Å². The fourth-order valence-electron chi connectivity index (χ4n) is 3.75. The molecule has 8 nitrogen and oxygen atoms in total. The number of aromatic nitrogens is 1. The number of carboxylic acid groups (broad SMARTS) is 1. The second kappa shape index (κ2) is 8.84. The van der Waals surface area contributed by atoms with Crippen molar-refractivity contribution in [3.8, 4) is 5.75 Å². The predicted molar refractivity (Wildman–Crippen MR) is 117 cm³/mol. The summed E-state index contributed by atoms with van der Waals surface area (Å²) in [7, 11) is 0. The Balaban J connectivity index is 2.02. The van der Waals surface area contributed by atoms with Gasteiger partial charge < -0.3 is 19.1 Å². The zero-order valence-electron chi connectivity index (χ0n) is 18.9. The summed E-state index contributed by atoms with van der Waals surface area (Å²) in [5, 5.41) is 8.99. The van der Waals surface area contributed by atoms with E-state index in [-0.39, 0.29) is 30.6 Å². The van der Waals surface area contributed by atoms with Crippen LogP contribution in [0.25, 0.3) is 10.9 Å². The zero-order valence-corrected chi connectivity index (χ0v) is 18.9. The maximum Gasteiger partial charge on any atom is 0.410 e. The zero-order chi connectivity index (χ0) is 24.7. The summed E-state index contributed by atoms with van der Waals surface area (Å²) in [6.07, 6.45) is 0.857. The lowest BCUT2D eigenvalue weighted by molar-refractivity contribution is 0.0189. The van der Waals surface area contributed by atoms with Gasteiger partial charge in [0.1, 0.15) is 17.8 Å². The van der Waals surface area contributed by atoms with E-state index in [1.807, 2.05) is 0 Å². The van der Waals surface area contributed by atoms with Crippen molar-refractivity contribution in [2.75, 3.05) is 13.2 Å². The number of hydrogen-bond donors (Lipinski definition) is 1. The van der Waals surface area contributed by atoms with E-state index in [2.05, 4.69) is 6.58 Å². The summed E-state index contributed by atoms with van der Waals surface area (Å²) >= 11 is 0. The molecule has 2 heterocycles. The number of carboxylic acids is 1. The van der Waals surface area contributed by atoms with E-state index in [0.717, 1.165) is 11.8 Å². The van der Waals surface area contributed by atoms with Gasteiger partial charge in [-0.15, -0.1) is 0 Å². The number of hydrogen-bond acceptors (Lipinski definition) is 5. The fourth-order valence-corrected chi connectivity index (χ4v) is 3.75. The first kappa shape index (κ1) is 24.2. The Kier molecular flexibility index (Phi) is 6.49. The number of halogens is 2. The van der Waals surface area contributed by atoms with Crippen LogP contribution in [-0.2, 0) is 11.3 Å². The molecule has 0 bridgehead atoms. The maximum atomic E-state index is 14.8. The molecule has 1 saturated heterocycles. The fraction of sp³-hybridized carbons (Fsp3) is 0.435. The second-order valence-electron chi connectivity index (χ2n) is 8.89. The summed E-state index contributed by atoms with van der Waals surface area (Å²) in [5.74, 6) is -4.66. The van der Waals surface area contributed by atoms with Gasteiger partial charge in [-0.25, -0.2) is 14.0 Å². The minimum atomic E-state index is -1.48. The molecule has 1 aliphatic heterocycles. The number of aryl methyl sites for hydroxylation is 1. The number of carbonyl (C=O) groups is 2. The highest BCUT2D eigenvalue weighted by atomic mass is 19.2. The van der Waals surface area contributed by atoms with Crippen molar-refractivity contribution in [3.05, 3.63) is 51.8 Å². The third-order valence-electron chi connectivity index (χ3n) is 5.19. The molecule has 10 heteroatoms. The third kappa shape index (κ3) is 4.84. The molecule has 2 aromatic rings. The summed E-state index contributed by atoms with van der Waals surface area (Å²) in [4.78, 5) is 38.0. The lowest BCUT2D eigenvalue weighted by Gasteiger charge is -2.28. The minimum absolute atomic E-state index is 0.0629. The first-order chi connectivity index (χ1) is 15.3. The highest BCUT2D eigenvalue weighted by Crippen LogP contribution is 2.32. The van der Waals surface area contributed by atoms with Crippen LogP contribution in [0.2, 0.25) is 0 Å². The number of likely N-dealkylation sites (tertiary alicyclic amines) is 1. The van der Waals surface area contributed by atoms with Gasteiger partial charge in [0.15, 0.2) is 11.6 Å². The van der Waals surface area contributed by atoms with Crippen molar-refractivity contribution in [3.63, 3.8) is 0 Å². The number of carbonyl (C=O) groups excluding carboxylic acids is 1. The molecule has 1 N–H and O–H groups in total. The van der Waals surface area contributed by atoms with Gasteiger partial charge in [0.2, 0.25) is 11.2 Å². The smallest absolute Gasteiger partial charge is 0.410 e. The number of amides is 1. The van der Waals surface area contributed by atoms with E-state index >= 15 is 0 Å². The van der Waals surface area contributed by atoms with E-state index in [1.165, 1.54) is 9.47 Å². The molecule has 0 saturated carbocycles. The van der Waals surface area contributed by atoms with Crippen molar-refractivity contribution in [2.45, 2.75) is 52.3 Å². The average molecular weight is 464 g/mol. The van der Waals surface area contributed by atoms with Crippen LogP contribution in [0, 0.1) is 11.6 Å². The van der Waals surface area contributed by atoms with E-state index in [1.54, 1.807) is 27.7 Å². The normalized spacial score (nSPS) is 16.4. The first-order valence-corrected chi connectivity index (χ1v) is 10.4. The third-order valence-corrected chi connectivity index (χ3v) is 5.19. The van der Waals surface area contributed by atoms with Crippen LogP contribution < -0.4 is 10.2 Å². The molecule has 1 aliphatic rings. The number of benzene rings is 1. The van der Waals surface area contributed by atoms with E-state index < -0.39 is 52.1 Å². The average Bonchev–Trinajstić information content (AvgIpc) is 3.08. The monoisotopic (exact) mass is 464 g/mol. The molecule has 178 valence electrons. The molecule has 0 aliphatic carbocycles. The minimum Gasteiger partial charge on any atom is -0.486 e. The molecular weight excluding hydrogens is 438 g/mol. The Hall–Kier alpha value is -3.43. The van der Waals surface area contributed by atoms with Crippen molar-refractivity contribution >= 4 is 23.0 Å². The van der Waals surface area contributed by atoms with Gasteiger partial charge >= 0.3 is 12.1 Å². The van der Waals surface area contributed by atoms with Crippen molar-refractivity contribution < 1.29 is 33.0 Å². The molecular formula is C23H26F2N2O6. The Bertz CT molecular complexity index is 1200. The number of pyridine rings is 1. The molecule has 3 rings (SSSR count). The quantitative estimate of drug-likeness (QED) is 0.673. The van der Waals surface area contributed by atoms with Crippen LogP contribution in [-0.4, -0.2) is 51.4 Å². The van der Waals surface area contributed by atoms with Gasteiger partial charge in [-0.2, -0.15) is 4.39 Å². The van der Waals surface area contributed by atoms with Crippen LogP contribution in [0.1, 0.15) is 44.5 Å². The van der Waals surface area contributed by atoms with Gasteiger partial charge in [-0.3, -0.25) is 9.69 Å². The molecule has 0 spiro atoms. The Morgan fingerprint density at radius 1 is 1.30 bits per heavy atom. The molecule has 1 fully saturated rings. The summed E-state index contributed by atoms with van der Waals surface area (Å²) < 4.78 is 41.6. The van der Waals surface area contributed by atoms with E-state index in [0.29, 0.717) is 12.5 Å². The Morgan fingerprint density at radius 3 is 2.55 bits per heavy atom. The highest BCUT2D eigenvalue weighted by molar-refractivity contribution is 5.94. The second-order valence-corrected chi connectivity index (χ2v) is 8.89. The summed E-state index contributed by atoms with van der Waals surface area (Å²) in [5.41, 5.74) is -1.56. The number of rotatable bonds is 5. The molecule has 0 unspecified atom stereocenters. The lowest BCUT2D eigenvalue weighted by atomic mass is 10.1.